The van der Waals surface area contributed by atoms with Crippen molar-refractivity contribution in [2.45, 2.75) is 13.8 Å². The monoisotopic (exact) mass is 168 g/mol. The molecule has 0 aliphatic rings. The molecule has 0 saturated heterocycles. The van der Waals surface area contributed by atoms with Gasteiger partial charge in [-0.25, -0.2) is 4.79 Å². The first-order valence-electron chi connectivity index (χ1n) is 3.57. The molecule has 0 amide bonds. The van der Waals surface area contributed by atoms with Gasteiger partial charge in [-0.05, 0) is 13.8 Å². The molecule has 2 nitrogen and oxygen atoms in total. The Morgan fingerprint density at radius 2 is 2.00 bits per heavy atom. The predicted molar refractivity (Wildman–Crippen MR) is 51.8 cm³/mol. The summed E-state index contributed by atoms with van der Waals surface area (Å²) in [5, 5.41) is 0. The van der Waals surface area contributed by atoms with Crippen LogP contribution in [0.3, 0.4) is 0 Å². The van der Waals surface area contributed by atoms with Crippen LogP contribution in [0.25, 0.3) is 0 Å². The van der Waals surface area contributed by atoms with Crippen LogP contribution in [-0.2, 0) is 9.53 Å². The van der Waals surface area contributed by atoms with Gasteiger partial charge >= 0.3 is 5.97 Å². The maximum absolute atomic E-state index is 10.2. The molecular weight excluding hydrogens is 152 g/mol. The lowest BCUT2D eigenvalue weighted by molar-refractivity contribution is -0.136. The highest BCUT2D eigenvalue weighted by Crippen LogP contribution is 1.87. The van der Waals surface area contributed by atoms with E-state index in [0.717, 1.165) is 0 Å². The lowest BCUT2D eigenvalue weighted by Crippen LogP contribution is -1.98. The summed E-state index contributed by atoms with van der Waals surface area (Å²) in [7, 11) is 1.33. The quantitative estimate of drug-likeness (QED) is 0.359. The van der Waals surface area contributed by atoms with Crippen LogP contribution in [-0.4, -0.2) is 13.1 Å². The van der Waals surface area contributed by atoms with Gasteiger partial charge in [0.15, 0.2) is 0 Å². The third kappa shape index (κ3) is 11.5. The van der Waals surface area contributed by atoms with E-state index >= 15 is 0 Å². The van der Waals surface area contributed by atoms with Gasteiger partial charge in [-0.3, -0.25) is 0 Å². The summed E-state index contributed by atoms with van der Waals surface area (Å²) in [6.07, 6.45) is 5.58. The summed E-state index contributed by atoms with van der Waals surface area (Å²) >= 11 is 0. The molecule has 0 heterocycles. The average Bonchev–Trinajstić information content (AvgIpc) is 2.05. The Morgan fingerprint density at radius 1 is 1.50 bits per heavy atom. The van der Waals surface area contributed by atoms with Crippen LogP contribution in [0.15, 0.2) is 37.0 Å². The predicted octanol–water partition coefficient (Wildman–Crippen LogP) is 2.48. The van der Waals surface area contributed by atoms with E-state index in [1.165, 1.54) is 7.11 Å². The van der Waals surface area contributed by atoms with E-state index in [0.29, 0.717) is 5.57 Å². The van der Waals surface area contributed by atoms with Gasteiger partial charge in [0, 0.05) is 5.57 Å². The van der Waals surface area contributed by atoms with E-state index in [1.807, 2.05) is 19.1 Å². The maximum atomic E-state index is 10.2. The second kappa shape index (κ2) is 9.69. The standard InChI is InChI=1S/C5H8O2.C5H8/c1-4(2)5(6)7-3;1-3-5-4-2/h1H2,2-3H3;3-5H,1H2,2H3. The van der Waals surface area contributed by atoms with Crippen molar-refractivity contribution in [2.24, 2.45) is 0 Å². The molecule has 0 spiro atoms. The molecule has 0 saturated carbocycles. The molecular formula is C10H16O2. The number of methoxy groups -OCH3 is 1. The summed E-state index contributed by atoms with van der Waals surface area (Å²) in [5.74, 6) is -0.347. The molecule has 0 aliphatic carbocycles. The van der Waals surface area contributed by atoms with Crippen molar-refractivity contribution >= 4 is 5.97 Å². The lowest BCUT2D eigenvalue weighted by Gasteiger charge is -1.91. The molecule has 2 heteroatoms. The van der Waals surface area contributed by atoms with Gasteiger partial charge in [-0.2, -0.15) is 0 Å². The lowest BCUT2D eigenvalue weighted by atomic mass is 10.4. The SMILES string of the molecule is C=C(C)C(=O)OC.C=CC=CC. The van der Waals surface area contributed by atoms with Crippen LogP contribution in [0.1, 0.15) is 13.8 Å². The molecule has 12 heavy (non-hydrogen) atoms. The minimum Gasteiger partial charge on any atom is -0.466 e. The summed E-state index contributed by atoms with van der Waals surface area (Å²) in [5.41, 5.74) is 0.433. The highest BCUT2D eigenvalue weighted by atomic mass is 16.5. The molecule has 0 bridgehead atoms. The molecule has 0 radical (unpaired) electrons. The molecule has 0 rings (SSSR count). The number of hydrogen-bond acceptors (Lipinski definition) is 2. The van der Waals surface area contributed by atoms with E-state index in [2.05, 4.69) is 17.9 Å². The number of allylic oxidation sites excluding steroid dienone is 3. The molecule has 0 aromatic rings. The molecule has 0 aromatic heterocycles. The van der Waals surface area contributed by atoms with Gasteiger partial charge in [0.2, 0.25) is 0 Å². The van der Waals surface area contributed by atoms with Crippen molar-refractivity contribution in [3.8, 4) is 0 Å². The third-order valence-corrected chi connectivity index (χ3v) is 0.862. The van der Waals surface area contributed by atoms with Crippen LogP contribution in [0, 0.1) is 0 Å². The molecule has 0 aromatic carbocycles. The van der Waals surface area contributed by atoms with Crippen molar-refractivity contribution in [3.63, 3.8) is 0 Å². The normalized spacial score (nSPS) is 8.25. The Hall–Kier alpha value is -1.31. The van der Waals surface area contributed by atoms with Crippen LogP contribution in [0.4, 0.5) is 0 Å². The summed E-state index contributed by atoms with van der Waals surface area (Å²) < 4.78 is 4.27. The second-order valence-electron chi connectivity index (χ2n) is 2.03. The van der Waals surface area contributed by atoms with Crippen molar-refractivity contribution in [3.05, 3.63) is 37.0 Å². The van der Waals surface area contributed by atoms with Crippen molar-refractivity contribution in [2.75, 3.05) is 7.11 Å². The van der Waals surface area contributed by atoms with Gasteiger partial charge in [-0.1, -0.05) is 31.4 Å². The number of hydrogen-bond donors (Lipinski definition) is 0. The van der Waals surface area contributed by atoms with Crippen LogP contribution in [0.2, 0.25) is 0 Å². The first-order valence-corrected chi connectivity index (χ1v) is 3.57. The van der Waals surface area contributed by atoms with E-state index in [9.17, 15) is 4.79 Å². The topological polar surface area (TPSA) is 26.3 Å². The van der Waals surface area contributed by atoms with Crippen molar-refractivity contribution < 1.29 is 9.53 Å². The zero-order valence-corrected chi connectivity index (χ0v) is 7.96. The first-order chi connectivity index (χ1) is 5.59. The fourth-order valence-corrected chi connectivity index (χ4v) is 0.310. The van der Waals surface area contributed by atoms with Gasteiger partial charge in [0.1, 0.15) is 0 Å². The number of rotatable bonds is 2. The van der Waals surface area contributed by atoms with Crippen molar-refractivity contribution in [1.82, 2.24) is 0 Å². The fourth-order valence-electron chi connectivity index (χ4n) is 0.310. The Morgan fingerprint density at radius 3 is 2.00 bits per heavy atom. The second-order valence-corrected chi connectivity index (χ2v) is 2.03. The summed E-state index contributed by atoms with van der Waals surface area (Å²) in [6.45, 7) is 10.4. The molecule has 68 valence electrons. The fraction of sp³-hybridized carbons (Fsp3) is 0.300. The largest absolute Gasteiger partial charge is 0.466 e. The van der Waals surface area contributed by atoms with Gasteiger partial charge in [0.05, 0.1) is 7.11 Å². The Kier molecular flexibility index (Phi) is 10.7. The maximum Gasteiger partial charge on any atom is 0.332 e. The third-order valence-electron chi connectivity index (χ3n) is 0.862. The summed E-state index contributed by atoms with van der Waals surface area (Å²) in [6, 6.07) is 0. The first kappa shape index (κ1) is 13.3. The van der Waals surface area contributed by atoms with Gasteiger partial charge < -0.3 is 4.74 Å². The van der Waals surface area contributed by atoms with Gasteiger partial charge in [0.25, 0.3) is 0 Å². The van der Waals surface area contributed by atoms with Crippen LogP contribution < -0.4 is 0 Å². The van der Waals surface area contributed by atoms with E-state index in [-0.39, 0.29) is 5.97 Å². The highest BCUT2D eigenvalue weighted by Gasteiger charge is 1.95. The Labute approximate surface area is 74.2 Å². The number of carbonyl (C=O) groups is 1. The van der Waals surface area contributed by atoms with Crippen LogP contribution >= 0.6 is 0 Å². The Balaban J connectivity index is 0. The van der Waals surface area contributed by atoms with E-state index < -0.39 is 0 Å². The average molecular weight is 168 g/mol. The minimum atomic E-state index is -0.347. The van der Waals surface area contributed by atoms with E-state index in [4.69, 9.17) is 0 Å². The molecule has 0 aliphatic heterocycles. The van der Waals surface area contributed by atoms with Gasteiger partial charge in [-0.15, -0.1) is 0 Å². The molecule has 0 N–H and O–H groups in total. The number of esters is 1. The molecule has 0 fully saturated rings. The van der Waals surface area contributed by atoms with Crippen molar-refractivity contribution in [1.29, 1.82) is 0 Å². The Bertz CT molecular complexity index is 178. The van der Waals surface area contributed by atoms with E-state index in [1.54, 1.807) is 13.0 Å². The molecule has 0 atom stereocenters. The smallest absolute Gasteiger partial charge is 0.332 e. The molecule has 0 unspecified atom stereocenters. The van der Waals surface area contributed by atoms with Crippen LogP contribution in [0.5, 0.6) is 0 Å². The summed E-state index contributed by atoms with van der Waals surface area (Å²) in [4.78, 5) is 10.2. The highest BCUT2D eigenvalue weighted by molar-refractivity contribution is 5.86. The zero-order valence-electron chi connectivity index (χ0n) is 7.96. The number of carbonyl (C=O) groups excluding carboxylic acids is 1. The zero-order chi connectivity index (χ0) is 9.98. The minimum absolute atomic E-state index is 0.347. The number of ether oxygens (including phenoxy) is 1.